The second kappa shape index (κ2) is 10.8. The highest BCUT2D eigenvalue weighted by atomic mass is 32.2. The molecular weight excluding hydrogens is 532 g/mol. The summed E-state index contributed by atoms with van der Waals surface area (Å²) in [5.41, 5.74) is 5.74. The zero-order valence-electron chi connectivity index (χ0n) is 18.3. The van der Waals surface area contributed by atoms with Crippen molar-refractivity contribution < 1.29 is 24.3 Å². The van der Waals surface area contributed by atoms with Crippen molar-refractivity contribution in [1.82, 2.24) is 35.4 Å². The van der Waals surface area contributed by atoms with Crippen molar-refractivity contribution in [1.29, 1.82) is 5.26 Å². The average Bonchev–Trinajstić information content (AvgIpc) is 3.47. The number of nitrogens with zero attached hydrogens (tertiary/aromatic N) is 8. The van der Waals surface area contributed by atoms with Crippen LogP contribution in [0.5, 0.6) is 0 Å². The van der Waals surface area contributed by atoms with Crippen LogP contribution in [0, 0.1) is 11.3 Å². The number of carbonyl (C=O) groups is 3. The molecular formula is C18H16N10O5S3. The second-order valence-corrected chi connectivity index (χ2v) is 9.86. The molecule has 2 aromatic rings. The number of nitrogen functional groups attached to an aromatic ring is 1. The van der Waals surface area contributed by atoms with Crippen LogP contribution in [0.2, 0.25) is 0 Å². The van der Waals surface area contributed by atoms with E-state index in [0.29, 0.717) is 10.7 Å². The molecule has 1 fully saturated rings. The van der Waals surface area contributed by atoms with Crippen molar-refractivity contribution in [3.8, 4) is 6.07 Å². The first-order valence-electron chi connectivity index (χ1n) is 9.87. The zero-order valence-corrected chi connectivity index (χ0v) is 20.7. The van der Waals surface area contributed by atoms with E-state index >= 15 is 0 Å². The number of hydrogen-bond donors (Lipinski definition) is 3. The van der Waals surface area contributed by atoms with Gasteiger partial charge in [0.15, 0.2) is 10.8 Å². The Balaban J connectivity index is 1.50. The molecule has 2 aliphatic heterocycles. The summed E-state index contributed by atoms with van der Waals surface area (Å²) >= 11 is 3.56. The number of amides is 2. The van der Waals surface area contributed by atoms with Gasteiger partial charge in [0.05, 0.1) is 0 Å². The van der Waals surface area contributed by atoms with E-state index in [1.165, 1.54) is 33.6 Å². The first-order valence-corrected chi connectivity index (χ1v) is 12.7. The summed E-state index contributed by atoms with van der Waals surface area (Å²) in [6, 6.07) is 0.723. The van der Waals surface area contributed by atoms with Crippen LogP contribution in [0.3, 0.4) is 0 Å². The number of β-lactam (4-membered cyclic amide) rings is 1. The molecule has 4 heterocycles. The van der Waals surface area contributed by atoms with Gasteiger partial charge in [0.25, 0.3) is 11.8 Å². The summed E-state index contributed by atoms with van der Waals surface area (Å²) in [6.45, 7) is -0.403. The van der Waals surface area contributed by atoms with Crippen molar-refractivity contribution in [2.45, 2.75) is 16.6 Å². The highest BCUT2D eigenvalue weighted by molar-refractivity contribution is 8.02. The number of thioether (sulfide) groups is 2. The lowest BCUT2D eigenvalue weighted by Gasteiger charge is -2.49. The molecule has 0 radical (unpaired) electrons. The van der Waals surface area contributed by atoms with Crippen molar-refractivity contribution in [2.24, 2.45) is 12.2 Å². The number of oxime groups is 1. The Labute approximate surface area is 215 Å². The van der Waals surface area contributed by atoms with E-state index in [1.54, 1.807) is 24.6 Å². The second-order valence-electron chi connectivity index (χ2n) is 6.99. The molecule has 0 bridgehead atoms. The minimum absolute atomic E-state index is 0.113. The summed E-state index contributed by atoms with van der Waals surface area (Å²) in [5.74, 6) is -2.36. The van der Waals surface area contributed by atoms with E-state index in [-0.39, 0.29) is 28.0 Å². The number of tetrazole rings is 1. The van der Waals surface area contributed by atoms with Gasteiger partial charge in [-0.25, -0.2) is 14.5 Å². The molecule has 0 aromatic carbocycles. The predicted octanol–water partition coefficient (Wildman–Crippen LogP) is -0.462. The topological polar surface area (TPSA) is 215 Å². The van der Waals surface area contributed by atoms with Crippen molar-refractivity contribution >= 4 is 63.5 Å². The SMILES string of the molecule is Cn1nnnc1S/C=C/C1=C(C(=O)O)N2C(=O)C(NC(=O)/C(=N/OCC#N)c3csc(N)n3)C2SC1. The summed E-state index contributed by atoms with van der Waals surface area (Å²) in [7, 11) is 1.67. The molecule has 18 heteroatoms. The first kappa shape index (κ1) is 25.2. The fourth-order valence-corrected chi connectivity index (χ4v) is 5.70. The summed E-state index contributed by atoms with van der Waals surface area (Å²) in [4.78, 5) is 47.8. The molecule has 2 aliphatic rings. The molecule has 4 rings (SSSR count). The lowest BCUT2D eigenvalue weighted by atomic mass is 10.0. The molecule has 2 unspecified atom stereocenters. The Kier molecular flexibility index (Phi) is 7.52. The molecule has 0 aliphatic carbocycles. The number of nitriles is 1. The van der Waals surface area contributed by atoms with Gasteiger partial charge < -0.3 is 21.0 Å². The third-order valence-electron chi connectivity index (χ3n) is 4.78. The minimum atomic E-state index is -1.27. The van der Waals surface area contributed by atoms with Gasteiger partial charge in [-0.3, -0.25) is 14.5 Å². The number of aliphatic carboxylic acids is 1. The number of thiazole rings is 1. The number of anilines is 1. The standard InChI is InChI=1S/C18H16N10O5S3/c1-27-18(23-25-26-27)34-5-2-8-6-35-15-11(14(30)28(15)12(8)16(31)32)22-13(29)10(24-33-4-3-19)9-7-36-17(20)21-9/h2,5,7,11,15H,4,6H2,1H3,(H2,20,21)(H,22,29)(H,31,32)/b5-2+,24-10+. The molecule has 2 amide bonds. The monoisotopic (exact) mass is 548 g/mol. The molecule has 4 N–H and O–H groups in total. The Bertz CT molecular complexity index is 1340. The van der Waals surface area contributed by atoms with Crippen LogP contribution in [-0.4, -0.2) is 82.5 Å². The van der Waals surface area contributed by atoms with Gasteiger partial charge in [-0.2, -0.15) is 5.26 Å². The Morgan fingerprint density at radius 3 is 2.97 bits per heavy atom. The quantitative estimate of drug-likeness (QED) is 0.119. The molecule has 2 aromatic heterocycles. The molecule has 15 nitrogen and oxygen atoms in total. The number of rotatable bonds is 9. The third kappa shape index (κ3) is 5.02. The number of nitrogens with one attached hydrogen (secondary N) is 1. The van der Waals surface area contributed by atoms with Crippen LogP contribution in [0.15, 0.2) is 38.4 Å². The summed E-state index contributed by atoms with van der Waals surface area (Å²) in [5, 5.41) is 38.9. The van der Waals surface area contributed by atoms with Gasteiger partial charge in [0, 0.05) is 18.2 Å². The Morgan fingerprint density at radius 1 is 1.53 bits per heavy atom. The van der Waals surface area contributed by atoms with E-state index in [2.05, 4.69) is 31.0 Å². The number of hydrogen-bond acceptors (Lipinski definition) is 14. The van der Waals surface area contributed by atoms with Gasteiger partial charge >= 0.3 is 5.97 Å². The lowest BCUT2D eigenvalue weighted by Crippen LogP contribution is -2.71. The predicted molar refractivity (Wildman–Crippen MR) is 128 cm³/mol. The molecule has 1 saturated heterocycles. The Morgan fingerprint density at radius 2 is 2.33 bits per heavy atom. The maximum Gasteiger partial charge on any atom is 0.352 e. The third-order valence-corrected chi connectivity index (χ3v) is 7.58. The largest absolute Gasteiger partial charge is 0.477 e. The summed E-state index contributed by atoms with van der Waals surface area (Å²) < 4.78 is 1.46. The van der Waals surface area contributed by atoms with Gasteiger partial charge in [0.1, 0.15) is 28.9 Å². The molecule has 0 spiro atoms. The number of carbonyl (C=O) groups excluding carboxylic acids is 2. The first-order chi connectivity index (χ1) is 17.3. The molecule has 2 atom stereocenters. The van der Waals surface area contributed by atoms with Gasteiger partial charge in [-0.1, -0.05) is 16.9 Å². The fraction of sp³-hybridized carbons (Fsp3) is 0.278. The number of carboxylic acids is 1. The fourth-order valence-electron chi connectivity index (χ4n) is 3.21. The van der Waals surface area contributed by atoms with Crippen LogP contribution < -0.4 is 11.1 Å². The minimum Gasteiger partial charge on any atom is -0.477 e. The van der Waals surface area contributed by atoms with Gasteiger partial charge in [0.2, 0.25) is 11.8 Å². The van der Waals surface area contributed by atoms with Crippen LogP contribution in [0.1, 0.15) is 5.69 Å². The van der Waals surface area contributed by atoms with Crippen molar-refractivity contribution in [3.63, 3.8) is 0 Å². The highest BCUT2D eigenvalue weighted by Crippen LogP contribution is 2.41. The normalized spacial score (nSPS) is 19.6. The number of allylic oxidation sites excluding steroid dienone is 1. The van der Waals surface area contributed by atoms with Gasteiger partial charge in [-0.15, -0.1) is 28.2 Å². The lowest BCUT2D eigenvalue weighted by molar-refractivity contribution is -0.150. The zero-order chi connectivity index (χ0) is 25.8. The van der Waals surface area contributed by atoms with Crippen molar-refractivity contribution in [2.75, 3.05) is 18.1 Å². The van der Waals surface area contributed by atoms with E-state index < -0.39 is 35.8 Å². The Hall–Kier alpha value is -3.95. The molecule has 36 heavy (non-hydrogen) atoms. The highest BCUT2D eigenvalue weighted by Gasteiger charge is 2.54. The number of fused-ring (bicyclic) bond motifs is 1. The van der Waals surface area contributed by atoms with E-state index in [1.807, 2.05) is 0 Å². The number of aryl methyl sites for hydroxylation is 1. The van der Waals surface area contributed by atoms with Gasteiger partial charge in [-0.05, 0) is 27.5 Å². The maximum absolute atomic E-state index is 12.9. The number of carboxylic acid groups (broad SMARTS) is 1. The molecule has 0 saturated carbocycles. The maximum atomic E-state index is 12.9. The van der Waals surface area contributed by atoms with Crippen molar-refractivity contribution in [3.05, 3.63) is 33.8 Å². The molecule has 186 valence electrons. The summed E-state index contributed by atoms with van der Waals surface area (Å²) in [6.07, 6.45) is 1.59. The average molecular weight is 549 g/mol. The van der Waals surface area contributed by atoms with Crippen LogP contribution in [0.4, 0.5) is 5.13 Å². The van der Waals surface area contributed by atoms with E-state index in [0.717, 1.165) is 16.2 Å². The number of nitrogens with two attached hydrogens (primary N) is 1. The van der Waals surface area contributed by atoms with E-state index in [4.69, 9.17) is 15.8 Å². The van der Waals surface area contributed by atoms with Crippen LogP contribution >= 0.6 is 34.9 Å². The van der Waals surface area contributed by atoms with Crippen LogP contribution in [0.25, 0.3) is 0 Å². The van der Waals surface area contributed by atoms with E-state index in [9.17, 15) is 19.5 Å². The van der Waals surface area contributed by atoms with Crippen LogP contribution in [-0.2, 0) is 26.3 Å². The number of aromatic nitrogens is 5. The smallest absolute Gasteiger partial charge is 0.352 e.